The standard InChI is InChI=1S/C9H22N2O2S/c1-5-7-11(4)14(12,13)9(3)8-10-6-2/h9-10H,5-8H2,1-4H3. The van der Waals surface area contributed by atoms with Crippen molar-refractivity contribution in [3.05, 3.63) is 0 Å². The molecule has 1 atom stereocenters. The minimum absolute atomic E-state index is 0.348. The van der Waals surface area contributed by atoms with Crippen molar-refractivity contribution in [1.29, 1.82) is 0 Å². The number of nitrogens with one attached hydrogen (secondary N) is 1. The van der Waals surface area contributed by atoms with Gasteiger partial charge in [0.25, 0.3) is 0 Å². The van der Waals surface area contributed by atoms with E-state index in [-0.39, 0.29) is 5.25 Å². The molecule has 0 spiro atoms. The van der Waals surface area contributed by atoms with Crippen LogP contribution in [-0.4, -0.2) is 44.7 Å². The summed E-state index contributed by atoms with van der Waals surface area (Å²) in [6.45, 7) is 7.60. The lowest BCUT2D eigenvalue weighted by Gasteiger charge is -2.21. The molecule has 0 aliphatic carbocycles. The monoisotopic (exact) mass is 222 g/mol. The zero-order valence-corrected chi connectivity index (χ0v) is 10.4. The zero-order chi connectivity index (χ0) is 11.2. The van der Waals surface area contributed by atoms with Gasteiger partial charge in [0, 0.05) is 20.1 Å². The molecular weight excluding hydrogens is 200 g/mol. The van der Waals surface area contributed by atoms with Gasteiger partial charge in [0.15, 0.2) is 0 Å². The summed E-state index contributed by atoms with van der Waals surface area (Å²) in [5, 5.41) is 2.70. The Labute approximate surface area is 87.7 Å². The second kappa shape index (κ2) is 6.37. The Bertz CT molecular complexity index is 239. The van der Waals surface area contributed by atoms with Crippen LogP contribution in [0.1, 0.15) is 27.2 Å². The molecule has 1 N–H and O–H groups in total. The van der Waals surface area contributed by atoms with Crippen LogP contribution in [0.25, 0.3) is 0 Å². The summed E-state index contributed by atoms with van der Waals surface area (Å²) in [4.78, 5) is 0. The lowest BCUT2D eigenvalue weighted by atomic mass is 10.5. The van der Waals surface area contributed by atoms with Crippen LogP contribution in [0.5, 0.6) is 0 Å². The van der Waals surface area contributed by atoms with Gasteiger partial charge in [-0.25, -0.2) is 12.7 Å². The van der Waals surface area contributed by atoms with Crippen LogP contribution >= 0.6 is 0 Å². The number of hydrogen-bond donors (Lipinski definition) is 1. The molecule has 5 heteroatoms. The van der Waals surface area contributed by atoms with Crippen LogP contribution < -0.4 is 5.32 Å². The maximum atomic E-state index is 11.8. The van der Waals surface area contributed by atoms with E-state index in [0.717, 1.165) is 13.0 Å². The third-order valence-electron chi connectivity index (χ3n) is 2.16. The van der Waals surface area contributed by atoms with Gasteiger partial charge in [0.1, 0.15) is 0 Å². The average molecular weight is 222 g/mol. The Balaban J connectivity index is 4.29. The highest BCUT2D eigenvalue weighted by atomic mass is 32.2. The fourth-order valence-corrected chi connectivity index (χ4v) is 2.58. The van der Waals surface area contributed by atoms with Crippen molar-refractivity contribution >= 4 is 10.0 Å². The molecule has 14 heavy (non-hydrogen) atoms. The van der Waals surface area contributed by atoms with Gasteiger partial charge < -0.3 is 5.32 Å². The van der Waals surface area contributed by atoms with E-state index in [0.29, 0.717) is 13.1 Å². The molecule has 0 aromatic carbocycles. The lowest BCUT2D eigenvalue weighted by Crippen LogP contribution is -2.40. The SMILES string of the molecule is CCCN(C)S(=O)(=O)C(C)CNCC. The molecule has 0 bridgehead atoms. The van der Waals surface area contributed by atoms with Gasteiger partial charge in [-0.2, -0.15) is 0 Å². The molecule has 86 valence electrons. The molecule has 0 fully saturated rings. The van der Waals surface area contributed by atoms with Crippen molar-refractivity contribution < 1.29 is 8.42 Å². The van der Waals surface area contributed by atoms with E-state index in [2.05, 4.69) is 5.32 Å². The van der Waals surface area contributed by atoms with E-state index in [1.807, 2.05) is 13.8 Å². The quantitative estimate of drug-likeness (QED) is 0.688. The second-order valence-electron chi connectivity index (χ2n) is 3.48. The van der Waals surface area contributed by atoms with Crippen LogP contribution in [0, 0.1) is 0 Å². The summed E-state index contributed by atoms with van der Waals surface area (Å²) in [6.07, 6.45) is 0.851. The minimum Gasteiger partial charge on any atom is -0.316 e. The Hall–Kier alpha value is -0.130. The molecule has 0 amide bonds. The maximum Gasteiger partial charge on any atom is 0.217 e. The van der Waals surface area contributed by atoms with E-state index in [1.165, 1.54) is 4.31 Å². The highest BCUT2D eigenvalue weighted by molar-refractivity contribution is 7.89. The zero-order valence-electron chi connectivity index (χ0n) is 9.58. The highest BCUT2D eigenvalue weighted by Gasteiger charge is 2.24. The molecule has 1 unspecified atom stereocenters. The van der Waals surface area contributed by atoms with Gasteiger partial charge in [-0.3, -0.25) is 0 Å². The summed E-state index contributed by atoms with van der Waals surface area (Å²) in [6, 6.07) is 0. The molecule has 0 aromatic heterocycles. The number of nitrogens with zero attached hydrogens (tertiary/aromatic N) is 1. The third kappa shape index (κ3) is 3.94. The molecule has 0 rings (SSSR count). The maximum absolute atomic E-state index is 11.8. The van der Waals surface area contributed by atoms with E-state index in [4.69, 9.17) is 0 Å². The van der Waals surface area contributed by atoms with Gasteiger partial charge in [0.05, 0.1) is 5.25 Å². The van der Waals surface area contributed by atoms with Gasteiger partial charge in [-0.1, -0.05) is 13.8 Å². The Morgan fingerprint density at radius 2 is 1.93 bits per heavy atom. The molecule has 0 aliphatic heterocycles. The van der Waals surface area contributed by atoms with Gasteiger partial charge in [-0.15, -0.1) is 0 Å². The predicted molar refractivity (Wildman–Crippen MR) is 59.8 cm³/mol. The summed E-state index contributed by atoms with van der Waals surface area (Å²) >= 11 is 0. The van der Waals surface area contributed by atoms with Gasteiger partial charge in [0.2, 0.25) is 10.0 Å². The smallest absolute Gasteiger partial charge is 0.217 e. The van der Waals surface area contributed by atoms with Crippen molar-refractivity contribution in [2.45, 2.75) is 32.4 Å². The molecule has 0 radical (unpaired) electrons. The first-order valence-corrected chi connectivity index (χ1v) is 6.63. The fourth-order valence-electron chi connectivity index (χ4n) is 1.20. The van der Waals surface area contributed by atoms with Gasteiger partial charge >= 0.3 is 0 Å². The first-order valence-electron chi connectivity index (χ1n) is 5.12. The van der Waals surface area contributed by atoms with Crippen molar-refractivity contribution in [2.75, 3.05) is 26.7 Å². The Morgan fingerprint density at radius 3 is 2.36 bits per heavy atom. The Morgan fingerprint density at radius 1 is 1.36 bits per heavy atom. The lowest BCUT2D eigenvalue weighted by molar-refractivity contribution is 0.456. The van der Waals surface area contributed by atoms with E-state index in [9.17, 15) is 8.42 Å². The summed E-state index contributed by atoms with van der Waals surface area (Å²) in [5.41, 5.74) is 0. The largest absolute Gasteiger partial charge is 0.316 e. The third-order valence-corrected chi connectivity index (χ3v) is 4.40. The second-order valence-corrected chi connectivity index (χ2v) is 5.94. The fraction of sp³-hybridized carbons (Fsp3) is 1.00. The molecule has 0 aromatic rings. The van der Waals surface area contributed by atoms with Crippen LogP contribution in [0.2, 0.25) is 0 Å². The first kappa shape index (κ1) is 13.9. The Kier molecular flexibility index (Phi) is 6.31. The molecule has 0 saturated carbocycles. The van der Waals surface area contributed by atoms with Crippen molar-refractivity contribution in [3.63, 3.8) is 0 Å². The summed E-state index contributed by atoms with van der Waals surface area (Å²) < 4.78 is 25.1. The van der Waals surface area contributed by atoms with E-state index < -0.39 is 10.0 Å². The molecular formula is C9H22N2O2S. The van der Waals surface area contributed by atoms with Crippen LogP contribution in [0.3, 0.4) is 0 Å². The minimum atomic E-state index is -3.10. The first-order chi connectivity index (χ1) is 6.46. The summed E-state index contributed by atoms with van der Waals surface area (Å²) in [7, 11) is -1.46. The van der Waals surface area contributed by atoms with Gasteiger partial charge in [-0.05, 0) is 19.9 Å². The van der Waals surface area contributed by atoms with Crippen LogP contribution in [-0.2, 0) is 10.0 Å². The average Bonchev–Trinajstić information content (AvgIpc) is 2.14. The van der Waals surface area contributed by atoms with Crippen LogP contribution in [0.15, 0.2) is 0 Å². The number of rotatable bonds is 7. The van der Waals surface area contributed by atoms with Crippen LogP contribution in [0.4, 0.5) is 0 Å². The van der Waals surface area contributed by atoms with E-state index in [1.54, 1.807) is 14.0 Å². The topological polar surface area (TPSA) is 49.4 Å². The molecule has 0 aliphatic rings. The number of hydrogen-bond acceptors (Lipinski definition) is 3. The van der Waals surface area contributed by atoms with Crippen molar-refractivity contribution in [3.8, 4) is 0 Å². The predicted octanol–water partition coefficient (Wildman–Crippen LogP) is 0.656. The molecule has 4 nitrogen and oxygen atoms in total. The van der Waals surface area contributed by atoms with E-state index >= 15 is 0 Å². The molecule has 0 saturated heterocycles. The highest BCUT2D eigenvalue weighted by Crippen LogP contribution is 2.06. The number of sulfonamides is 1. The van der Waals surface area contributed by atoms with Crippen molar-refractivity contribution in [1.82, 2.24) is 9.62 Å². The summed E-state index contributed by atoms with van der Waals surface area (Å²) in [5.74, 6) is 0. The van der Waals surface area contributed by atoms with Crippen molar-refractivity contribution in [2.24, 2.45) is 0 Å². The molecule has 0 heterocycles. The normalized spacial score (nSPS) is 14.6.